The molecule has 108 valence electrons. The van der Waals surface area contributed by atoms with Crippen molar-refractivity contribution in [1.29, 1.82) is 0 Å². The Labute approximate surface area is 125 Å². The molecule has 0 bridgehead atoms. The lowest BCUT2D eigenvalue weighted by Gasteiger charge is -2.04. The number of carbonyl (C=O) groups excluding carboxylic acids is 1. The van der Waals surface area contributed by atoms with Crippen molar-refractivity contribution in [2.24, 2.45) is 0 Å². The average Bonchev–Trinajstić information content (AvgIpc) is 2.90. The Morgan fingerprint density at radius 3 is 2.95 bits per heavy atom. The molecule has 2 heterocycles. The topological polar surface area (TPSA) is 82.2 Å². The summed E-state index contributed by atoms with van der Waals surface area (Å²) in [6.07, 6.45) is 0. The summed E-state index contributed by atoms with van der Waals surface area (Å²) in [5.41, 5.74) is 1.16. The van der Waals surface area contributed by atoms with Gasteiger partial charge in [-0.25, -0.2) is 0 Å². The van der Waals surface area contributed by atoms with Gasteiger partial charge in [-0.2, -0.15) is 0 Å². The summed E-state index contributed by atoms with van der Waals surface area (Å²) in [5, 5.41) is 13.3. The number of aliphatic hydroxyl groups excluding tert-OH is 1. The lowest BCUT2D eigenvalue weighted by atomic mass is 10.2. The molecule has 0 aliphatic carbocycles. The number of aromatic nitrogens is 1. The van der Waals surface area contributed by atoms with Crippen LogP contribution in [0.2, 0.25) is 0 Å². The first-order chi connectivity index (χ1) is 10.1. The van der Waals surface area contributed by atoms with Gasteiger partial charge >= 0.3 is 0 Å². The van der Waals surface area contributed by atoms with Gasteiger partial charge in [-0.1, -0.05) is 11.8 Å². The molecule has 0 atom stereocenters. The van der Waals surface area contributed by atoms with Crippen molar-refractivity contribution in [3.63, 3.8) is 0 Å². The molecule has 0 spiro atoms. The molecule has 2 rings (SSSR count). The molecule has 0 unspecified atom stereocenters. The van der Waals surface area contributed by atoms with E-state index in [0.29, 0.717) is 12.2 Å². The zero-order valence-corrected chi connectivity index (χ0v) is 12.2. The highest BCUT2D eigenvalue weighted by Gasteiger charge is 2.11. The number of aromatic amines is 1. The lowest BCUT2D eigenvalue weighted by Crippen LogP contribution is -2.29. The van der Waals surface area contributed by atoms with Crippen molar-refractivity contribution in [3.8, 4) is 11.8 Å². The SMILES string of the molecule is Cc1ccc(C(=O)NCc2sccc2C#CCO)c(=O)[nH]1. The Morgan fingerprint density at radius 1 is 1.43 bits per heavy atom. The van der Waals surface area contributed by atoms with E-state index in [1.54, 1.807) is 13.0 Å². The van der Waals surface area contributed by atoms with Crippen LogP contribution in [0.5, 0.6) is 0 Å². The highest BCUT2D eigenvalue weighted by atomic mass is 32.1. The van der Waals surface area contributed by atoms with E-state index >= 15 is 0 Å². The van der Waals surface area contributed by atoms with Gasteiger partial charge in [0.1, 0.15) is 12.2 Å². The number of pyridine rings is 1. The minimum absolute atomic E-state index is 0.0835. The predicted molar refractivity (Wildman–Crippen MR) is 81.3 cm³/mol. The van der Waals surface area contributed by atoms with Crippen LogP contribution in [-0.2, 0) is 6.54 Å². The number of carbonyl (C=O) groups is 1. The summed E-state index contributed by atoms with van der Waals surface area (Å²) in [6, 6.07) is 5.01. The first-order valence-corrected chi connectivity index (χ1v) is 7.14. The van der Waals surface area contributed by atoms with Crippen molar-refractivity contribution in [2.75, 3.05) is 6.61 Å². The molecule has 0 fully saturated rings. The van der Waals surface area contributed by atoms with Crippen LogP contribution in [0, 0.1) is 18.8 Å². The van der Waals surface area contributed by atoms with Crippen molar-refractivity contribution >= 4 is 17.2 Å². The average molecular weight is 302 g/mol. The Balaban J connectivity index is 2.08. The number of aryl methyl sites for hydroxylation is 1. The van der Waals surface area contributed by atoms with E-state index in [1.807, 2.05) is 11.4 Å². The molecule has 0 radical (unpaired) electrons. The highest BCUT2D eigenvalue weighted by molar-refractivity contribution is 7.10. The highest BCUT2D eigenvalue weighted by Crippen LogP contribution is 2.15. The van der Waals surface area contributed by atoms with E-state index in [-0.39, 0.29) is 12.2 Å². The number of nitrogens with one attached hydrogen (secondary N) is 2. The fourth-order valence-corrected chi connectivity index (χ4v) is 2.50. The zero-order chi connectivity index (χ0) is 15.2. The van der Waals surface area contributed by atoms with E-state index in [2.05, 4.69) is 22.1 Å². The molecular weight excluding hydrogens is 288 g/mol. The fourth-order valence-electron chi connectivity index (χ4n) is 1.73. The second kappa shape index (κ2) is 6.88. The van der Waals surface area contributed by atoms with Gasteiger partial charge in [-0.05, 0) is 30.5 Å². The summed E-state index contributed by atoms with van der Waals surface area (Å²) in [7, 11) is 0. The van der Waals surface area contributed by atoms with Crippen LogP contribution < -0.4 is 10.9 Å². The Hall–Kier alpha value is -2.36. The van der Waals surface area contributed by atoms with E-state index < -0.39 is 11.5 Å². The molecule has 0 aromatic carbocycles. The maximum absolute atomic E-state index is 12.0. The zero-order valence-electron chi connectivity index (χ0n) is 11.4. The number of rotatable bonds is 3. The van der Waals surface area contributed by atoms with Crippen LogP contribution in [0.4, 0.5) is 0 Å². The standard InChI is InChI=1S/C15H14N2O3S/c1-10-4-5-12(15(20)17-10)14(19)16-9-13-11(3-2-7-18)6-8-21-13/h4-6,8,18H,7,9H2,1H3,(H,16,19)(H,17,20). The number of amides is 1. The van der Waals surface area contributed by atoms with Gasteiger partial charge in [0.05, 0.1) is 6.54 Å². The summed E-state index contributed by atoms with van der Waals surface area (Å²) < 4.78 is 0. The van der Waals surface area contributed by atoms with Gasteiger partial charge in [0, 0.05) is 16.1 Å². The first kappa shape index (κ1) is 15.0. The van der Waals surface area contributed by atoms with Gasteiger partial charge in [0.15, 0.2) is 0 Å². The van der Waals surface area contributed by atoms with Crippen LogP contribution >= 0.6 is 11.3 Å². The molecule has 0 saturated carbocycles. The van der Waals surface area contributed by atoms with Gasteiger partial charge in [-0.15, -0.1) is 11.3 Å². The third kappa shape index (κ3) is 3.81. The molecule has 3 N–H and O–H groups in total. The minimum atomic E-state index is -0.425. The van der Waals surface area contributed by atoms with Crippen molar-refractivity contribution in [2.45, 2.75) is 13.5 Å². The van der Waals surface area contributed by atoms with Crippen LogP contribution in [0.3, 0.4) is 0 Å². The number of hydrogen-bond acceptors (Lipinski definition) is 4. The van der Waals surface area contributed by atoms with Crippen LogP contribution in [0.15, 0.2) is 28.4 Å². The third-order valence-corrected chi connectivity index (χ3v) is 3.68. The Morgan fingerprint density at radius 2 is 2.24 bits per heavy atom. The second-order valence-electron chi connectivity index (χ2n) is 4.28. The van der Waals surface area contributed by atoms with Gasteiger partial charge in [-0.3, -0.25) is 9.59 Å². The molecule has 0 aliphatic heterocycles. The molecule has 21 heavy (non-hydrogen) atoms. The lowest BCUT2D eigenvalue weighted by molar-refractivity contribution is 0.0949. The van der Waals surface area contributed by atoms with E-state index in [0.717, 1.165) is 10.4 Å². The molecule has 0 saturated heterocycles. The van der Waals surface area contributed by atoms with Crippen molar-refractivity contribution in [1.82, 2.24) is 10.3 Å². The predicted octanol–water partition coefficient (Wildman–Crippen LogP) is 1.02. The quantitative estimate of drug-likeness (QED) is 0.740. The van der Waals surface area contributed by atoms with E-state index in [4.69, 9.17) is 5.11 Å². The van der Waals surface area contributed by atoms with Gasteiger partial charge in [0.2, 0.25) is 0 Å². The van der Waals surface area contributed by atoms with Crippen molar-refractivity contribution < 1.29 is 9.90 Å². The van der Waals surface area contributed by atoms with Gasteiger partial charge < -0.3 is 15.4 Å². The maximum atomic E-state index is 12.0. The largest absolute Gasteiger partial charge is 0.384 e. The van der Waals surface area contributed by atoms with Crippen LogP contribution in [0.1, 0.15) is 26.5 Å². The summed E-state index contributed by atoms with van der Waals surface area (Å²) in [5.74, 6) is 4.96. The number of hydrogen-bond donors (Lipinski definition) is 3. The maximum Gasteiger partial charge on any atom is 0.260 e. The summed E-state index contributed by atoms with van der Waals surface area (Å²) in [6.45, 7) is 1.83. The third-order valence-electron chi connectivity index (χ3n) is 2.76. The molecule has 0 aliphatic rings. The smallest absolute Gasteiger partial charge is 0.260 e. The molecular formula is C15H14N2O3S. The fraction of sp³-hybridized carbons (Fsp3) is 0.200. The molecule has 1 amide bonds. The number of thiophene rings is 1. The van der Waals surface area contributed by atoms with Gasteiger partial charge in [0.25, 0.3) is 11.5 Å². The first-order valence-electron chi connectivity index (χ1n) is 6.26. The number of H-pyrrole nitrogens is 1. The summed E-state index contributed by atoms with van der Waals surface area (Å²) in [4.78, 5) is 27.2. The second-order valence-corrected chi connectivity index (χ2v) is 5.28. The van der Waals surface area contributed by atoms with Crippen LogP contribution in [-0.4, -0.2) is 22.6 Å². The molecule has 5 nitrogen and oxygen atoms in total. The monoisotopic (exact) mass is 302 g/mol. The normalized spacial score (nSPS) is 9.81. The molecule has 2 aromatic heterocycles. The number of aliphatic hydroxyl groups is 1. The molecule has 6 heteroatoms. The van der Waals surface area contributed by atoms with Crippen LogP contribution in [0.25, 0.3) is 0 Å². The summed E-state index contributed by atoms with van der Waals surface area (Å²) >= 11 is 1.46. The Kier molecular flexibility index (Phi) is 4.93. The molecule has 2 aromatic rings. The van der Waals surface area contributed by atoms with E-state index in [9.17, 15) is 9.59 Å². The minimum Gasteiger partial charge on any atom is -0.384 e. The van der Waals surface area contributed by atoms with E-state index in [1.165, 1.54) is 17.4 Å². The Bertz CT molecular complexity index is 765. The van der Waals surface area contributed by atoms with Crippen molar-refractivity contribution in [3.05, 3.63) is 55.6 Å².